The van der Waals surface area contributed by atoms with Gasteiger partial charge in [0.2, 0.25) is 0 Å². The molecule has 0 radical (unpaired) electrons. The lowest BCUT2D eigenvalue weighted by molar-refractivity contribution is 0.334. The highest BCUT2D eigenvalue weighted by molar-refractivity contribution is 5.37. The Balaban J connectivity index is 2.08. The molecule has 1 aromatic rings. The normalized spacial score (nSPS) is 18.5. The van der Waals surface area contributed by atoms with Crippen LogP contribution in [-0.2, 0) is 17.6 Å². The average molecular weight is 220 g/mol. The summed E-state index contributed by atoms with van der Waals surface area (Å²) in [5, 5.41) is 0. The second-order valence-corrected chi connectivity index (χ2v) is 4.22. The number of epoxide rings is 1. The smallest absolute Gasteiger partial charge is 0.122 e. The van der Waals surface area contributed by atoms with Gasteiger partial charge in [0.15, 0.2) is 0 Å². The molecule has 2 nitrogen and oxygen atoms in total. The van der Waals surface area contributed by atoms with Crippen LogP contribution in [0.15, 0.2) is 18.2 Å². The van der Waals surface area contributed by atoms with Crippen LogP contribution in [0.25, 0.3) is 0 Å². The summed E-state index contributed by atoms with van der Waals surface area (Å²) in [6, 6.07) is 6.53. The topological polar surface area (TPSA) is 21.8 Å². The van der Waals surface area contributed by atoms with Gasteiger partial charge in [0.05, 0.1) is 19.3 Å². The molecular formula is C14H20O2. The molecule has 1 saturated heterocycles. The summed E-state index contributed by atoms with van der Waals surface area (Å²) in [5.74, 6) is 1.04. The zero-order valence-corrected chi connectivity index (χ0v) is 10.2. The van der Waals surface area contributed by atoms with Crippen LogP contribution in [0.4, 0.5) is 0 Å². The molecule has 0 aromatic heterocycles. The summed E-state index contributed by atoms with van der Waals surface area (Å²) in [5.41, 5.74) is 2.71. The van der Waals surface area contributed by atoms with E-state index in [2.05, 4.69) is 25.1 Å². The third-order valence-corrected chi connectivity index (χ3v) is 2.97. The van der Waals surface area contributed by atoms with Crippen molar-refractivity contribution in [3.8, 4) is 5.75 Å². The molecular weight excluding hydrogens is 200 g/mol. The van der Waals surface area contributed by atoms with Crippen LogP contribution < -0.4 is 4.74 Å². The van der Waals surface area contributed by atoms with Gasteiger partial charge in [0.25, 0.3) is 0 Å². The number of aryl methyl sites for hydroxylation is 2. The standard InChI is InChI=1S/C14H20O2/c1-3-11-5-8-14(15-4-2)12(9-11)6-7-13-10-16-13/h5,8-9,13H,3-4,6-7,10H2,1-2H3. The van der Waals surface area contributed by atoms with Crippen molar-refractivity contribution in [2.75, 3.05) is 13.2 Å². The molecule has 0 N–H and O–H groups in total. The Bertz CT molecular complexity index is 343. The molecule has 0 aliphatic carbocycles. The highest BCUT2D eigenvalue weighted by Crippen LogP contribution is 2.25. The van der Waals surface area contributed by atoms with Gasteiger partial charge < -0.3 is 9.47 Å². The first-order chi connectivity index (χ1) is 7.83. The van der Waals surface area contributed by atoms with E-state index in [9.17, 15) is 0 Å². The molecule has 1 aliphatic rings. The second-order valence-electron chi connectivity index (χ2n) is 4.22. The zero-order valence-electron chi connectivity index (χ0n) is 10.2. The van der Waals surface area contributed by atoms with Gasteiger partial charge >= 0.3 is 0 Å². The van der Waals surface area contributed by atoms with Crippen molar-refractivity contribution in [3.63, 3.8) is 0 Å². The summed E-state index contributed by atoms with van der Waals surface area (Å²) in [4.78, 5) is 0. The van der Waals surface area contributed by atoms with Gasteiger partial charge in [0, 0.05) is 0 Å². The first kappa shape index (κ1) is 11.5. The summed E-state index contributed by atoms with van der Waals surface area (Å²) >= 11 is 0. The van der Waals surface area contributed by atoms with Crippen LogP contribution in [0.3, 0.4) is 0 Å². The molecule has 16 heavy (non-hydrogen) atoms. The molecule has 1 unspecified atom stereocenters. The molecule has 1 fully saturated rings. The Hall–Kier alpha value is -1.02. The maximum absolute atomic E-state index is 5.65. The molecule has 1 heterocycles. The number of benzene rings is 1. The number of hydrogen-bond donors (Lipinski definition) is 0. The van der Waals surface area contributed by atoms with Crippen LogP contribution in [0.5, 0.6) is 5.75 Å². The van der Waals surface area contributed by atoms with Crippen molar-refractivity contribution in [3.05, 3.63) is 29.3 Å². The first-order valence-corrected chi connectivity index (χ1v) is 6.19. The van der Waals surface area contributed by atoms with Crippen molar-refractivity contribution in [1.29, 1.82) is 0 Å². The molecule has 1 aromatic carbocycles. The summed E-state index contributed by atoms with van der Waals surface area (Å²) in [6.45, 7) is 5.89. The van der Waals surface area contributed by atoms with Gasteiger partial charge in [-0.2, -0.15) is 0 Å². The van der Waals surface area contributed by atoms with E-state index in [0.717, 1.165) is 38.2 Å². The maximum atomic E-state index is 5.65. The Morgan fingerprint density at radius 3 is 2.81 bits per heavy atom. The molecule has 0 saturated carbocycles. The van der Waals surface area contributed by atoms with E-state index in [4.69, 9.17) is 9.47 Å². The van der Waals surface area contributed by atoms with Gasteiger partial charge in [-0.15, -0.1) is 0 Å². The van der Waals surface area contributed by atoms with Crippen LogP contribution in [-0.4, -0.2) is 19.3 Å². The molecule has 2 heteroatoms. The molecule has 0 bridgehead atoms. The number of rotatable bonds is 6. The predicted molar refractivity (Wildman–Crippen MR) is 65.1 cm³/mol. The third-order valence-electron chi connectivity index (χ3n) is 2.97. The SMILES string of the molecule is CCOc1ccc(CC)cc1CCC1CO1. The largest absolute Gasteiger partial charge is 0.494 e. The van der Waals surface area contributed by atoms with Crippen LogP contribution in [0.1, 0.15) is 31.4 Å². The molecule has 2 rings (SSSR count). The van der Waals surface area contributed by atoms with Crippen LogP contribution in [0, 0.1) is 0 Å². The van der Waals surface area contributed by atoms with E-state index in [0.29, 0.717) is 6.10 Å². The highest BCUT2D eigenvalue weighted by atomic mass is 16.6. The number of hydrogen-bond acceptors (Lipinski definition) is 2. The fraction of sp³-hybridized carbons (Fsp3) is 0.571. The quantitative estimate of drug-likeness (QED) is 0.687. The van der Waals surface area contributed by atoms with E-state index in [1.807, 2.05) is 6.92 Å². The van der Waals surface area contributed by atoms with Gasteiger partial charge in [0.1, 0.15) is 5.75 Å². The van der Waals surface area contributed by atoms with Crippen molar-refractivity contribution in [1.82, 2.24) is 0 Å². The summed E-state index contributed by atoms with van der Waals surface area (Å²) in [6.07, 6.45) is 3.76. The van der Waals surface area contributed by atoms with Gasteiger partial charge in [-0.1, -0.05) is 19.1 Å². The minimum atomic E-state index is 0.500. The summed E-state index contributed by atoms with van der Waals surface area (Å²) < 4.78 is 10.9. The maximum Gasteiger partial charge on any atom is 0.122 e. The molecule has 0 amide bonds. The van der Waals surface area contributed by atoms with Gasteiger partial charge in [-0.05, 0) is 43.4 Å². The minimum absolute atomic E-state index is 0.500. The Morgan fingerprint density at radius 1 is 1.38 bits per heavy atom. The Labute approximate surface area is 97.6 Å². The lowest BCUT2D eigenvalue weighted by atomic mass is 10.0. The monoisotopic (exact) mass is 220 g/mol. The molecule has 0 spiro atoms. The highest BCUT2D eigenvalue weighted by Gasteiger charge is 2.22. The van der Waals surface area contributed by atoms with E-state index < -0.39 is 0 Å². The molecule has 88 valence electrons. The predicted octanol–water partition coefficient (Wildman–Crippen LogP) is 2.98. The van der Waals surface area contributed by atoms with Crippen LogP contribution in [0.2, 0.25) is 0 Å². The van der Waals surface area contributed by atoms with E-state index in [1.165, 1.54) is 11.1 Å². The zero-order chi connectivity index (χ0) is 11.4. The van der Waals surface area contributed by atoms with Crippen LogP contribution >= 0.6 is 0 Å². The fourth-order valence-corrected chi connectivity index (χ4v) is 1.90. The van der Waals surface area contributed by atoms with E-state index >= 15 is 0 Å². The van der Waals surface area contributed by atoms with Crippen molar-refractivity contribution >= 4 is 0 Å². The lowest BCUT2D eigenvalue weighted by Gasteiger charge is -2.11. The average Bonchev–Trinajstić information content (AvgIpc) is 3.12. The first-order valence-electron chi connectivity index (χ1n) is 6.19. The number of ether oxygens (including phenoxy) is 2. The Kier molecular flexibility index (Phi) is 3.83. The van der Waals surface area contributed by atoms with Crippen molar-refractivity contribution < 1.29 is 9.47 Å². The molecule has 1 aliphatic heterocycles. The fourth-order valence-electron chi connectivity index (χ4n) is 1.90. The van der Waals surface area contributed by atoms with Crippen molar-refractivity contribution in [2.45, 2.75) is 39.2 Å². The van der Waals surface area contributed by atoms with Gasteiger partial charge in [-0.25, -0.2) is 0 Å². The minimum Gasteiger partial charge on any atom is -0.494 e. The lowest BCUT2D eigenvalue weighted by Crippen LogP contribution is -1.99. The second kappa shape index (κ2) is 5.35. The van der Waals surface area contributed by atoms with E-state index in [1.54, 1.807) is 0 Å². The summed E-state index contributed by atoms with van der Waals surface area (Å²) in [7, 11) is 0. The third kappa shape index (κ3) is 2.99. The van der Waals surface area contributed by atoms with Crippen molar-refractivity contribution in [2.24, 2.45) is 0 Å². The Morgan fingerprint density at radius 2 is 2.19 bits per heavy atom. The molecule has 1 atom stereocenters. The van der Waals surface area contributed by atoms with E-state index in [-0.39, 0.29) is 0 Å². The van der Waals surface area contributed by atoms with Gasteiger partial charge in [-0.3, -0.25) is 0 Å².